The highest BCUT2D eigenvalue weighted by molar-refractivity contribution is 14.1. The van der Waals surface area contributed by atoms with Crippen molar-refractivity contribution < 1.29 is 83.0 Å². The number of rotatable bonds is 7. The zero-order valence-electron chi connectivity index (χ0n) is 84.8. The minimum Gasteiger partial charge on any atom is -0.444 e. The third-order valence-corrected chi connectivity index (χ3v) is 25.7. The van der Waals surface area contributed by atoms with Gasteiger partial charge in [0.15, 0.2) is 0 Å². The van der Waals surface area contributed by atoms with Gasteiger partial charge in [-0.3, -0.25) is 53.1 Å². The van der Waals surface area contributed by atoms with Gasteiger partial charge in [-0.15, -0.1) is 0 Å². The van der Waals surface area contributed by atoms with E-state index < -0.39 is 59.9 Å². The van der Waals surface area contributed by atoms with Crippen LogP contribution >= 0.6 is 57.4 Å². The number of anilines is 2. The molecule has 5 amide bonds. The maximum atomic E-state index is 13.3. The summed E-state index contributed by atoms with van der Waals surface area (Å²) in [5, 5.41) is 28.3. The molecule has 0 radical (unpaired) electrons. The highest BCUT2D eigenvalue weighted by Gasteiger charge is 2.55. The standard InChI is InChI=1S/C19H16ClF2N5O.C18H30BN3O4.C17H21FN4O2.C12H13FN4.C12H18IN3O2.C9H19BO3.C6H5ClFN.C5H3ClFN/c1-11-9-27-18(14(8-24-27)17-5-2-12(21)7-23-17)10-26(11)19(28)25-13-3-4-16(22)15(20)6-13;1-12-10-22-14(11-21(12)15(23)24-16(2,3)4)13(9-20-22)19-25-17(5,6)18(7,8)26-19;1-11-9-22-15(10-21(11)16(23)24-17(2,3)4)13(8-20-22)14-6-5-12(18)7-19-14;1-8-7-17-12(6-14-8)10(5-16-17)11-3-2-9(13)4-15-11;1-8-6-16-10(9(13)5-14-16)7-15(8)11(17)18-12(2,3)4;1-7(2)11-10-12-8(3,4)9(5,6)13-10;7-5-3-4(9)1-2-6(5)8;6-5-2-1-4(7)3-8-5/h2-8,11H,9-10H2,1H3,(H,25,28);9,12H,10-11H2,1-8H3;5-8,11H,9-10H2,1-4H3;2-5,8,14H,6-7H2,1H3;5,8H,6-7H2,1-4H3;7H,1-6H3;1-3H,9H2;1-3H. The van der Waals surface area contributed by atoms with E-state index >= 15 is 0 Å². The van der Waals surface area contributed by atoms with Crippen molar-refractivity contribution in [2.45, 2.75) is 307 Å². The zero-order chi connectivity index (χ0) is 105. The number of nitrogens with one attached hydrogen (secondary N) is 2. The van der Waals surface area contributed by atoms with Gasteiger partial charge in [0, 0.05) is 58.4 Å². The van der Waals surface area contributed by atoms with Crippen molar-refractivity contribution in [3.8, 4) is 33.8 Å². The quantitative estimate of drug-likeness (QED) is 0.0333. The molecule has 2 saturated heterocycles. The highest BCUT2D eigenvalue weighted by Crippen LogP contribution is 2.40. The first-order chi connectivity index (χ1) is 66.7. The molecule has 770 valence electrons. The van der Waals surface area contributed by atoms with Crippen molar-refractivity contribution in [2.24, 2.45) is 0 Å². The molecule has 7 aliphatic heterocycles. The van der Waals surface area contributed by atoms with Crippen LogP contribution in [0, 0.1) is 38.5 Å². The van der Waals surface area contributed by atoms with E-state index in [2.05, 4.69) is 85.6 Å². The van der Waals surface area contributed by atoms with E-state index in [1.165, 1.54) is 79.1 Å². The molecule has 18 rings (SSSR count). The Hall–Kier alpha value is -11.0. The van der Waals surface area contributed by atoms with E-state index in [-0.39, 0.29) is 93.3 Å². The third kappa shape index (κ3) is 29.9. The van der Waals surface area contributed by atoms with Gasteiger partial charge in [-0.1, -0.05) is 34.8 Å². The van der Waals surface area contributed by atoms with E-state index in [0.29, 0.717) is 79.8 Å². The topological polar surface area (TPSA) is 346 Å². The van der Waals surface area contributed by atoms with E-state index in [0.717, 1.165) is 91.9 Å². The van der Waals surface area contributed by atoms with Crippen LogP contribution in [-0.2, 0) is 103 Å². The zero-order valence-corrected chi connectivity index (χ0v) is 89.2. The number of pyridine rings is 4. The lowest BCUT2D eigenvalue weighted by Gasteiger charge is -2.35. The summed E-state index contributed by atoms with van der Waals surface area (Å²) in [6.07, 6.45) is 12.7. The van der Waals surface area contributed by atoms with Crippen LogP contribution in [0.15, 0.2) is 141 Å². The van der Waals surface area contributed by atoms with E-state index in [9.17, 15) is 45.5 Å². The molecule has 16 heterocycles. The number of nitrogens with two attached hydrogens (primary N) is 1. The molecule has 0 saturated carbocycles. The van der Waals surface area contributed by atoms with Crippen LogP contribution in [0.25, 0.3) is 33.8 Å². The van der Waals surface area contributed by atoms with Gasteiger partial charge in [0.25, 0.3) is 0 Å². The van der Waals surface area contributed by atoms with Crippen molar-refractivity contribution >= 4 is 113 Å². The first-order valence-electron chi connectivity index (χ1n) is 46.6. The van der Waals surface area contributed by atoms with Crippen molar-refractivity contribution in [3.63, 3.8) is 0 Å². The second-order valence-corrected chi connectivity index (χ2v) is 42.8. The van der Waals surface area contributed by atoms with Crippen LogP contribution < -0.4 is 21.8 Å². The minimum absolute atomic E-state index is 0.00315. The summed E-state index contributed by atoms with van der Waals surface area (Å²) >= 11 is 18.7. The molecule has 5 unspecified atom stereocenters. The van der Waals surface area contributed by atoms with Gasteiger partial charge in [-0.2, -0.15) is 25.5 Å². The predicted molar refractivity (Wildman–Crippen MR) is 542 cm³/mol. The fourth-order valence-corrected chi connectivity index (χ4v) is 16.1. The van der Waals surface area contributed by atoms with Gasteiger partial charge < -0.3 is 58.7 Å². The van der Waals surface area contributed by atoms with Crippen LogP contribution in [0.1, 0.15) is 195 Å². The molecule has 5 atom stereocenters. The molecule has 0 aliphatic carbocycles. The molecule has 33 nitrogen and oxygen atoms in total. The maximum absolute atomic E-state index is 13.3. The van der Waals surface area contributed by atoms with Crippen LogP contribution in [-0.4, -0.2) is 203 Å². The molecule has 2 fully saturated rings. The number of aromatic nitrogens is 14. The average molecular weight is 2160 g/mol. The number of amides is 5. The summed E-state index contributed by atoms with van der Waals surface area (Å²) in [5.41, 5.74) is 13.4. The number of urea groups is 1. The number of fused-ring (bicyclic) bond motifs is 5. The Morgan fingerprint density at radius 2 is 0.811 bits per heavy atom. The van der Waals surface area contributed by atoms with Crippen LogP contribution in [0.2, 0.25) is 15.2 Å². The second kappa shape index (κ2) is 46.6. The molecular formula is C98H125B2Cl3F6IN21O12. The molecule has 0 bridgehead atoms. The van der Waals surface area contributed by atoms with E-state index in [4.69, 9.17) is 78.0 Å². The van der Waals surface area contributed by atoms with Crippen molar-refractivity contribution in [2.75, 3.05) is 11.1 Å². The molecule has 4 N–H and O–H groups in total. The normalized spacial score (nSPS) is 18.7. The van der Waals surface area contributed by atoms with Crippen molar-refractivity contribution in [1.82, 2.24) is 93.8 Å². The molecule has 9 aromatic heterocycles. The Kier molecular flexibility index (Phi) is 36.6. The van der Waals surface area contributed by atoms with Gasteiger partial charge in [-0.25, -0.2) is 50.5 Å². The maximum Gasteiger partial charge on any atom is 0.640 e. The van der Waals surface area contributed by atoms with Crippen LogP contribution in [0.4, 0.5) is 56.9 Å². The van der Waals surface area contributed by atoms with Gasteiger partial charge in [0.2, 0.25) is 0 Å². The van der Waals surface area contributed by atoms with Crippen molar-refractivity contribution in [1.29, 1.82) is 0 Å². The molecule has 45 heteroatoms. The summed E-state index contributed by atoms with van der Waals surface area (Å²) in [6, 6.07) is 19.8. The van der Waals surface area contributed by atoms with Gasteiger partial charge in [0.1, 0.15) is 56.9 Å². The fourth-order valence-electron chi connectivity index (χ4n) is 15.0. The largest absolute Gasteiger partial charge is 0.640 e. The molecule has 143 heavy (non-hydrogen) atoms. The first-order valence-corrected chi connectivity index (χ1v) is 48.8. The summed E-state index contributed by atoms with van der Waals surface area (Å²) in [7, 11) is -1.01. The lowest BCUT2D eigenvalue weighted by Crippen LogP contribution is -2.49. The molecule has 7 aliphatic rings. The first kappa shape index (κ1) is 112. The number of benzene rings is 2. The highest BCUT2D eigenvalue weighted by atomic mass is 127. The molecule has 0 spiro atoms. The smallest absolute Gasteiger partial charge is 0.444 e. The average Bonchev–Trinajstić information content (AvgIpc) is 1.60. The van der Waals surface area contributed by atoms with Gasteiger partial charge >= 0.3 is 38.8 Å². The minimum atomic E-state index is -0.550. The SMILES string of the molecule is CC(C)OB1OC(C)(C)C(C)(C)O1.CC1Cn2ncc(-c3ccc(F)cn3)c2CN1.CC1Cn2ncc(-c3ccc(F)cn3)c2CN1C(=O)Nc1ccc(F)c(Cl)c1.CC1Cn2ncc(-c3ccc(F)cn3)c2CN1C(=O)OC(C)(C)C.CC1Cn2ncc(B3OC(C)(C)C(C)(C)O3)c2CN1C(=O)OC(C)(C)C.CC1Cn2ncc(I)c2CN1C(=O)OC(C)(C)C.Fc1ccc(Cl)nc1.Nc1ccc(F)c(Cl)c1. The van der Waals surface area contributed by atoms with Crippen molar-refractivity contribution in [3.05, 3.63) is 223 Å². The summed E-state index contributed by atoms with van der Waals surface area (Å²) in [6.45, 7) is 52.6. The Balaban J connectivity index is 0.000000160. The number of hydrogen-bond acceptors (Lipinski definition) is 23. The lowest BCUT2D eigenvalue weighted by molar-refractivity contribution is 0.00578. The van der Waals surface area contributed by atoms with Crippen LogP contribution in [0.5, 0.6) is 0 Å². The number of nitrogens with zero attached hydrogens (tertiary/aromatic N) is 18. The molecule has 11 aromatic rings. The van der Waals surface area contributed by atoms with E-state index in [1.54, 1.807) is 62.6 Å². The second-order valence-electron chi connectivity index (χ2n) is 40.5. The monoisotopic (exact) mass is 2160 g/mol. The third-order valence-electron chi connectivity index (χ3n) is 24.0. The number of ether oxygens (including phenoxy) is 3. The Morgan fingerprint density at radius 3 is 1.20 bits per heavy atom. The Bertz CT molecular complexity index is 6150. The number of halogens is 10. The van der Waals surface area contributed by atoms with Gasteiger partial charge in [0.05, 0.1) is 214 Å². The van der Waals surface area contributed by atoms with Gasteiger partial charge in [-0.05, 0) is 274 Å². The van der Waals surface area contributed by atoms with E-state index in [1.807, 2.05) is 189 Å². The van der Waals surface area contributed by atoms with Crippen LogP contribution in [0.3, 0.4) is 0 Å². The fraction of sp³-hybridized carbons (Fsp3) is 0.480. The summed E-state index contributed by atoms with van der Waals surface area (Å²) < 4.78 is 133. The summed E-state index contributed by atoms with van der Waals surface area (Å²) in [5.74, 6) is -2.48. The number of carbonyl (C=O) groups excluding carboxylic acids is 4. The predicted octanol–water partition coefficient (Wildman–Crippen LogP) is 20.0. The Labute approximate surface area is 859 Å². The lowest BCUT2D eigenvalue weighted by atomic mass is 9.79. The number of carbonyl (C=O) groups is 4. The summed E-state index contributed by atoms with van der Waals surface area (Å²) in [4.78, 5) is 72.6. The number of nitrogen functional groups attached to an aromatic ring is 1. The molecule has 2 aromatic carbocycles. The molecular weight excluding hydrogens is 2030 g/mol. The number of hydrogen-bond donors (Lipinski definition) is 3. The Morgan fingerprint density at radius 1 is 0.455 bits per heavy atom.